The fraction of sp³-hybridized carbons (Fsp3) is 0.188. The smallest absolute Gasteiger partial charge is 0.337 e. The van der Waals surface area contributed by atoms with Gasteiger partial charge in [-0.2, -0.15) is 0 Å². The van der Waals surface area contributed by atoms with Crippen molar-refractivity contribution in [3.05, 3.63) is 53.1 Å². The van der Waals surface area contributed by atoms with Crippen LogP contribution in [0.5, 0.6) is 5.75 Å². The molecule has 0 radical (unpaired) electrons. The summed E-state index contributed by atoms with van der Waals surface area (Å²) in [4.78, 5) is 11.3. The number of anilines is 2. The third-order valence-electron chi connectivity index (χ3n) is 3.34. The van der Waals surface area contributed by atoms with Gasteiger partial charge in [-0.25, -0.2) is 4.79 Å². The molecule has 0 unspecified atom stereocenters. The van der Waals surface area contributed by atoms with E-state index in [0.29, 0.717) is 11.4 Å². The van der Waals surface area contributed by atoms with E-state index in [9.17, 15) is 9.90 Å². The first-order valence-electron chi connectivity index (χ1n) is 6.28. The van der Waals surface area contributed by atoms with Gasteiger partial charge in [-0.1, -0.05) is 18.2 Å². The van der Waals surface area contributed by atoms with Gasteiger partial charge in [0.25, 0.3) is 0 Å². The van der Waals surface area contributed by atoms with E-state index in [0.717, 1.165) is 16.8 Å². The molecule has 0 aliphatic carbocycles. The number of ether oxygens (including phenoxy) is 1. The number of nitrogens with one attached hydrogen (secondary N) is 1. The number of methoxy groups -OCH3 is 1. The van der Waals surface area contributed by atoms with Crippen molar-refractivity contribution in [3.63, 3.8) is 0 Å². The molecule has 0 aromatic heterocycles. The fourth-order valence-electron chi connectivity index (χ4n) is 2.03. The van der Waals surface area contributed by atoms with Crippen LogP contribution in [0.15, 0.2) is 36.4 Å². The molecule has 20 heavy (non-hydrogen) atoms. The normalized spacial score (nSPS) is 10.2. The summed E-state index contributed by atoms with van der Waals surface area (Å²) in [6.07, 6.45) is 0. The Labute approximate surface area is 118 Å². The van der Waals surface area contributed by atoms with E-state index in [2.05, 4.69) is 5.32 Å². The van der Waals surface area contributed by atoms with E-state index in [1.54, 1.807) is 18.2 Å². The maximum absolute atomic E-state index is 11.3. The summed E-state index contributed by atoms with van der Waals surface area (Å²) in [5.41, 5.74) is 3.75. The molecule has 2 rings (SSSR count). The third kappa shape index (κ3) is 2.59. The Morgan fingerprint density at radius 3 is 2.50 bits per heavy atom. The molecule has 0 aliphatic heterocycles. The predicted molar refractivity (Wildman–Crippen MR) is 79.2 cm³/mol. The van der Waals surface area contributed by atoms with Crippen molar-refractivity contribution < 1.29 is 14.6 Å². The van der Waals surface area contributed by atoms with Crippen LogP contribution in [0.2, 0.25) is 0 Å². The van der Waals surface area contributed by atoms with Gasteiger partial charge >= 0.3 is 5.97 Å². The molecule has 2 aromatic carbocycles. The highest BCUT2D eigenvalue weighted by molar-refractivity contribution is 5.97. The first-order valence-corrected chi connectivity index (χ1v) is 6.28. The van der Waals surface area contributed by atoms with Crippen molar-refractivity contribution in [3.8, 4) is 5.75 Å². The van der Waals surface area contributed by atoms with Crippen molar-refractivity contribution in [2.24, 2.45) is 0 Å². The van der Waals surface area contributed by atoms with Gasteiger partial charge in [-0.15, -0.1) is 0 Å². The molecule has 0 spiro atoms. The molecule has 0 aliphatic rings. The van der Waals surface area contributed by atoms with Gasteiger partial charge in [-0.05, 0) is 43.2 Å². The minimum atomic E-state index is -0.989. The highest BCUT2D eigenvalue weighted by atomic mass is 16.5. The zero-order valence-electron chi connectivity index (χ0n) is 11.7. The number of carboxylic acids is 1. The lowest BCUT2D eigenvalue weighted by Crippen LogP contribution is -2.05. The van der Waals surface area contributed by atoms with Crippen LogP contribution in [0, 0.1) is 13.8 Å². The molecule has 0 fully saturated rings. The lowest BCUT2D eigenvalue weighted by Gasteiger charge is -2.16. The summed E-state index contributed by atoms with van der Waals surface area (Å²) in [7, 11) is 1.52. The standard InChI is InChI=1S/C16H17NO3/c1-10-6-4-8-13(11(10)2)17-15-12(16(18)19)7-5-9-14(15)20-3/h4-9,17H,1-3H3,(H,18,19). The second-order valence-corrected chi connectivity index (χ2v) is 4.56. The highest BCUT2D eigenvalue weighted by Gasteiger charge is 2.15. The van der Waals surface area contributed by atoms with Crippen LogP contribution < -0.4 is 10.1 Å². The summed E-state index contributed by atoms with van der Waals surface area (Å²) in [6, 6.07) is 10.8. The number of carbonyl (C=O) groups is 1. The van der Waals surface area contributed by atoms with Gasteiger partial charge in [-0.3, -0.25) is 0 Å². The summed E-state index contributed by atoms with van der Waals surface area (Å²) in [6.45, 7) is 4.01. The SMILES string of the molecule is COc1cccc(C(=O)O)c1Nc1cccc(C)c1C. The Bertz CT molecular complexity index is 650. The molecule has 0 saturated heterocycles. The van der Waals surface area contributed by atoms with Crippen LogP contribution in [-0.4, -0.2) is 18.2 Å². The van der Waals surface area contributed by atoms with E-state index in [4.69, 9.17) is 4.74 Å². The van der Waals surface area contributed by atoms with Crippen LogP contribution >= 0.6 is 0 Å². The largest absolute Gasteiger partial charge is 0.495 e. The Kier molecular flexibility index (Phi) is 3.94. The van der Waals surface area contributed by atoms with Crippen molar-refractivity contribution in [2.75, 3.05) is 12.4 Å². The van der Waals surface area contributed by atoms with Crippen LogP contribution in [0.1, 0.15) is 21.5 Å². The molecular weight excluding hydrogens is 254 g/mol. The Morgan fingerprint density at radius 2 is 1.85 bits per heavy atom. The zero-order valence-corrected chi connectivity index (χ0v) is 11.7. The van der Waals surface area contributed by atoms with E-state index in [1.165, 1.54) is 7.11 Å². The lowest BCUT2D eigenvalue weighted by molar-refractivity contribution is 0.0697. The molecule has 0 atom stereocenters. The lowest BCUT2D eigenvalue weighted by atomic mass is 10.1. The molecule has 2 aromatic rings. The maximum Gasteiger partial charge on any atom is 0.337 e. The van der Waals surface area contributed by atoms with E-state index in [-0.39, 0.29) is 5.56 Å². The van der Waals surface area contributed by atoms with Crippen molar-refractivity contribution in [2.45, 2.75) is 13.8 Å². The predicted octanol–water partition coefficient (Wildman–Crippen LogP) is 3.75. The quantitative estimate of drug-likeness (QED) is 0.889. The number of hydrogen-bond acceptors (Lipinski definition) is 3. The molecule has 0 bridgehead atoms. The monoisotopic (exact) mass is 271 g/mol. The van der Waals surface area contributed by atoms with Gasteiger partial charge < -0.3 is 15.2 Å². The summed E-state index contributed by atoms with van der Waals surface area (Å²) in [5.74, 6) is -0.484. The molecule has 0 saturated carbocycles. The van der Waals surface area contributed by atoms with E-state index in [1.807, 2.05) is 32.0 Å². The Hall–Kier alpha value is -2.49. The average Bonchev–Trinajstić information content (AvgIpc) is 2.43. The average molecular weight is 271 g/mol. The van der Waals surface area contributed by atoms with Crippen LogP contribution in [-0.2, 0) is 0 Å². The van der Waals surface area contributed by atoms with Crippen molar-refractivity contribution in [1.82, 2.24) is 0 Å². The Morgan fingerprint density at radius 1 is 1.15 bits per heavy atom. The van der Waals surface area contributed by atoms with Gasteiger partial charge in [0.15, 0.2) is 0 Å². The number of aryl methyl sites for hydroxylation is 1. The number of para-hydroxylation sites is 1. The number of rotatable bonds is 4. The molecule has 0 heterocycles. The molecule has 2 N–H and O–H groups in total. The number of hydrogen-bond donors (Lipinski definition) is 2. The minimum Gasteiger partial charge on any atom is -0.495 e. The van der Waals surface area contributed by atoms with Gasteiger partial charge in [0.05, 0.1) is 18.4 Å². The minimum absolute atomic E-state index is 0.185. The molecular formula is C16H17NO3. The fourth-order valence-corrected chi connectivity index (χ4v) is 2.03. The molecule has 4 nitrogen and oxygen atoms in total. The first kappa shape index (κ1) is 13.9. The second kappa shape index (κ2) is 5.65. The highest BCUT2D eigenvalue weighted by Crippen LogP contribution is 2.33. The number of carboxylic acid groups (broad SMARTS) is 1. The van der Waals surface area contributed by atoms with E-state index >= 15 is 0 Å². The molecule has 0 amide bonds. The molecule has 104 valence electrons. The van der Waals surface area contributed by atoms with Crippen molar-refractivity contribution >= 4 is 17.3 Å². The number of aromatic carboxylic acids is 1. The maximum atomic E-state index is 11.3. The summed E-state index contributed by atoms with van der Waals surface area (Å²) >= 11 is 0. The van der Waals surface area contributed by atoms with Crippen LogP contribution in [0.4, 0.5) is 11.4 Å². The molecule has 4 heteroatoms. The van der Waals surface area contributed by atoms with E-state index < -0.39 is 5.97 Å². The summed E-state index contributed by atoms with van der Waals surface area (Å²) in [5, 5.41) is 12.5. The summed E-state index contributed by atoms with van der Waals surface area (Å²) < 4.78 is 5.25. The third-order valence-corrected chi connectivity index (χ3v) is 3.34. The van der Waals surface area contributed by atoms with Crippen LogP contribution in [0.25, 0.3) is 0 Å². The zero-order chi connectivity index (χ0) is 14.7. The Balaban J connectivity index is 2.52. The van der Waals surface area contributed by atoms with Gasteiger partial charge in [0.1, 0.15) is 5.75 Å². The van der Waals surface area contributed by atoms with Crippen LogP contribution in [0.3, 0.4) is 0 Å². The first-order chi connectivity index (χ1) is 9.54. The van der Waals surface area contributed by atoms with Crippen molar-refractivity contribution in [1.29, 1.82) is 0 Å². The number of benzene rings is 2. The van der Waals surface area contributed by atoms with Gasteiger partial charge in [0.2, 0.25) is 0 Å². The topological polar surface area (TPSA) is 58.6 Å². The second-order valence-electron chi connectivity index (χ2n) is 4.56. The van der Waals surface area contributed by atoms with Gasteiger partial charge in [0, 0.05) is 5.69 Å².